The molecule has 4 heteroatoms. The summed E-state index contributed by atoms with van der Waals surface area (Å²) in [4.78, 5) is 6.82. The van der Waals surface area contributed by atoms with Crippen molar-refractivity contribution in [1.82, 2.24) is 9.88 Å². The Morgan fingerprint density at radius 2 is 2.35 bits per heavy atom. The van der Waals surface area contributed by atoms with E-state index in [-0.39, 0.29) is 0 Å². The molecule has 0 bridgehead atoms. The molecular weight excluding hydrogens is 212 g/mol. The lowest BCUT2D eigenvalue weighted by Crippen LogP contribution is -2.34. The molecule has 3 rings (SSSR count). The average molecular weight is 228 g/mol. The first-order chi connectivity index (χ1) is 8.38. The van der Waals surface area contributed by atoms with E-state index in [1.54, 1.807) is 12.3 Å². The van der Waals surface area contributed by atoms with E-state index in [2.05, 4.69) is 21.3 Å². The Kier molecular flexibility index (Phi) is 2.69. The van der Waals surface area contributed by atoms with Crippen molar-refractivity contribution in [1.29, 1.82) is 5.26 Å². The van der Waals surface area contributed by atoms with Crippen molar-refractivity contribution < 1.29 is 0 Å². The Labute approximate surface area is 101 Å². The highest BCUT2D eigenvalue weighted by Crippen LogP contribution is 2.30. The van der Waals surface area contributed by atoms with Crippen molar-refractivity contribution >= 4 is 5.82 Å². The lowest BCUT2D eigenvalue weighted by atomic mass is 10.1. The fourth-order valence-electron chi connectivity index (χ4n) is 3.04. The Morgan fingerprint density at radius 1 is 1.41 bits per heavy atom. The van der Waals surface area contributed by atoms with Crippen LogP contribution in [0.3, 0.4) is 0 Å². The summed E-state index contributed by atoms with van der Waals surface area (Å²) >= 11 is 0. The van der Waals surface area contributed by atoms with Crippen LogP contribution in [0.25, 0.3) is 0 Å². The minimum atomic E-state index is 0.458. The normalized spacial score (nSPS) is 27.7. The third kappa shape index (κ3) is 1.87. The van der Waals surface area contributed by atoms with Crippen molar-refractivity contribution in [2.24, 2.45) is 0 Å². The number of nitriles is 1. The topological polar surface area (TPSA) is 52.0 Å². The molecule has 2 aliphatic heterocycles. The molecule has 1 N–H and O–H groups in total. The minimum absolute atomic E-state index is 0.458. The second-order valence-electron chi connectivity index (χ2n) is 4.80. The molecule has 1 aromatic heterocycles. The molecule has 0 spiro atoms. The van der Waals surface area contributed by atoms with E-state index >= 15 is 0 Å². The lowest BCUT2D eigenvalue weighted by Gasteiger charge is -2.22. The van der Waals surface area contributed by atoms with Gasteiger partial charge in [0.05, 0.1) is 5.56 Å². The third-order valence-electron chi connectivity index (χ3n) is 3.86. The van der Waals surface area contributed by atoms with Crippen molar-refractivity contribution in [3.8, 4) is 6.07 Å². The summed E-state index contributed by atoms with van der Waals surface area (Å²) in [6.07, 6.45) is 5.47. The van der Waals surface area contributed by atoms with E-state index in [4.69, 9.17) is 5.26 Å². The van der Waals surface area contributed by atoms with Gasteiger partial charge in [-0.1, -0.05) is 0 Å². The molecule has 2 atom stereocenters. The second-order valence-corrected chi connectivity index (χ2v) is 4.80. The molecule has 1 aromatic rings. The summed E-state index contributed by atoms with van der Waals surface area (Å²) in [5.41, 5.74) is 0.643. The van der Waals surface area contributed by atoms with E-state index in [9.17, 15) is 0 Å². The van der Waals surface area contributed by atoms with E-state index in [1.807, 2.05) is 6.07 Å². The Morgan fingerprint density at radius 3 is 3.24 bits per heavy atom. The number of nitrogens with one attached hydrogen (secondary N) is 1. The van der Waals surface area contributed by atoms with Gasteiger partial charge in [-0.2, -0.15) is 5.26 Å². The number of rotatable bonds is 2. The summed E-state index contributed by atoms with van der Waals surface area (Å²) in [7, 11) is 0. The summed E-state index contributed by atoms with van der Waals surface area (Å²) < 4.78 is 0. The van der Waals surface area contributed by atoms with Crippen LogP contribution in [0, 0.1) is 11.3 Å². The van der Waals surface area contributed by atoms with Crippen molar-refractivity contribution in [2.75, 3.05) is 18.4 Å². The van der Waals surface area contributed by atoms with Gasteiger partial charge in [0.15, 0.2) is 0 Å². The van der Waals surface area contributed by atoms with Gasteiger partial charge >= 0.3 is 0 Å². The third-order valence-corrected chi connectivity index (χ3v) is 3.86. The Hall–Kier alpha value is -1.60. The number of aromatic nitrogens is 1. The average Bonchev–Trinajstić information content (AvgIpc) is 2.95. The fourth-order valence-corrected chi connectivity index (χ4v) is 3.04. The zero-order valence-electron chi connectivity index (χ0n) is 9.76. The first-order valence-electron chi connectivity index (χ1n) is 6.24. The fraction of sp³-hybridized carbons (Fsp3) is 0.538. The quantitative estimate of drug-likeness (QED) is 0.835. The SMILES string of the molecule is N#Cc1cccnc1NC1CCN2CCCC12. The molecule has 2 aliphatic rings. The lowest BCUT2D eigenvalue weighted by molar-refractivity contribution is 0.318. The highest BCUT2D eigenvalue weighted by Gasteiger charge is 2.37. The van der Waals surface area contributed by atoms with Gasteiger partial charge in [-0.15, -0.1) is 0 Å². The molecule has 17 heavy (non-hydrogen) atoms. The molecule has 0 aromatic carbocycles. The molecule has 0 amide bonds. The molecule has 88 valence electrons. The first kappa shape index (κ1) is 10.5. The van der Waals surface area contributed by atoms with Crippen LogP contribution >= 0.6 is 0 Å². The van der Waals surface area contributed by atoms with Crippen molar-refractivity contribution in [3.05, 3.63) is 23.9 Å². The number of hydrogen-bond acceptors (Lipinski definition) is 4. The molecule has 0 radical (unpaired) electrons. The van der Waals surface area contributed by atoms with Gasteiger partial charge in [-0.25, -0.2) is 4.98 Å². The Bertz CT molecular complexity index is 451. The van der Waals surface area contributed by atoms with E-state index in [0.29, 0.717) is 17.6 Å². The standard InChI is InChI=1S/C13H16N4/c14-9-10-3-1-6-15-13(10)16-11-5-8-17-7-2-4-12(11)17/h1,3,6,11-12H,2,4-5,7-8H2,(H,15,16). The van der Waals surface area contributed by atoms with Crippen molar-refractivity contribution in [2.45, 2.75) is 31.3 Å². The highest BCUT2D eigenvalue weighted by atomic mass is 15.2. The van der Waals surface area contributed by atoms with Crippen LogP contribution in [0.4, 0.5) is 5.82 Å². The Balaban J connectivity index is 1.77. The molecule has 2 saturated heterocycles. The van der Waals surface area contributed by atoms with E-state index < -0.39 is 0 Å². The van der Waals surface area contributed by atoms with Gasteiger partial charge in [0.1, 0.15) is 11.9 Å². The van der Waals surface area contributed by atoms with Gasteiger partial charge in [0, 0.05) is 24.8 Å². The second kappa shape index (κ2) is 4.34. The monoisotopic (exact) mass is 228 g/mol. The van der Waals surface area contributed by atoms with Gasteiger partial charge in [0.2, 0.25) is 0 Å². The zero-order chi connectivity index (χ0) is 11.7. The highest BCUT2D eigenvalue weighted by molar-refractivity contribution is 5.52. The van der Waals surface area contributed by atoms with Crippen LogP contribution in [0.1, 0.15) is 24.8 Å². The maximum Gasteiger partial charge on any atom is 0.144 e. The molecular formula is C13H16N4. The van der Waals surface area contributed by atoms with Gasteiger partial charge < -0.3 is 5.32 Å². The van der Waals surface area contributed by atoms with Gasteiger partial charge in [-0.05, 0) is 37.9 Å². The maximum absolute atomic E-state index is 9.04. The zero-order valence-corrected chi connectivity index (χ0v) is 9.76. The summed E-state index contributed by atoms with van der Waals surface area (Å²) in [6.45, 7) is 2.41. The number of anilines is 1. The predicted molar refractivity (Wildman–Crippen MR) is 65.6 cm³/mol. The number of nitrogens with zero attached hydrogens (tertiary/aromatic N) is 3. The van der Waals surface area contributed by atoms with Crippen LogP contribution in [-0.4, -0.2) is 35.1 Å². The largest absolute Gasteiger partial charge is 0.365 e. The number of pyridine rings is 1. The van der Waals surface area contributed by atoms with Gasteiger partial charge in [-0.3, -0.25) is 4.90 Å². The number of fused-ring (bicyclic) bond motifs is 1. The van der Waals surface area contributed by atoms with Gasteiger partial charge in [0.25, 0.3) is 0 Å². The van der Waals surface area contributed by atoms with E-state index in [1.165, 1.54) is 25.9 Å². The first-order valence-corrected chi connectivity index (χ1v) is 6.24. The molecule has 0 aliphatic carbocycles. The van der Waals surface area contributed by atoms with E-state index in [0.717, 1.165) is 12.2 Å². The van der Waals surface area contributed by atoms with Crippen LogP contribution in [0.5, 0.6) is 0 Å². The predicted octanol–water partition coefficient (Wildman–Crippen LogP) is 1.60. The van der Waals surface area contributed by atoms with Crippen LogP contribution in [-0.2, 0) is 0 Å². The van der Waals surface area contributed by atoms with Crippen LogP contribution in [0.2, 0.25) is 0 Å². The summed E-state index contributed by atoms with van der Waals surface area (Å²) in [6, 6.07) is 6.91. The minimum Gasteiger partial charge on any atom is -0.365 e. The number of hydrogen-bond donors (Lipinski definition) is 1. The van der Waals surface area contributed by atoms with Crippen LogP contribution < -0.4 is 5.32 Å². The maximum atomic E-state index is 9.04. The smallest absolute Gasteiger partial charge is 0.144 e. The molecule has 2 unspecified atom stereocenters. The molecule has 2 fully saturated rings. The summed E-state index contributed by atoms with van der Waals surface area (Å²) in [5, 5.41) is 12.5. The molecule has 4 nitrogen and oxygen atoms in total. The molecule has 0 saturated carbocycles. The van der Waals surface area contributed by atoms with Crippen LogP contribution in [0.15, 0.2) is 18.3 Å². The molecule has 3 heterocycles. The summed E-state index contributed by atoms with van der Waals surface area (Å²) in [5.74, 6) is 0.744. The van der Waals surface area contributed by atoms with Crippen molar-refractivity contribution in [3.63, 3.8) is 0 Å².